The predicted octanol–water partition coefficient (Wildman–Crippen LogP) is 2.89. The van der Waals surface area contributed by atoms with Crippen LogP contribution in [0.15, 0.2) is 18.2 Å². The van der Waals surface area contributed by atoms with E-state index in [9.17, 15) is 18.0 Å². The van der Waals surface area contributed by atoms with Crippen LogP contribution in [0.25, 0.3) is 0 Å². The van der Waals surface area contributed by atoms with Crippen LogP contribution in [0.4, 0.5) is 13.2 Å². The number of hydrogen-bond donors (Lipinski definition) is 0. The molecule has 1 aromatic carbocycles. The maximum Gasteiger partial charge on any atom is 0.266 e. The molecule has 0 N–H and O–H groups in total. The minimum absolute atomic E-state index is 0.0699. The van der Waals surface area contributed by atoms with Crippen molar-refractivity contribution >= 4 is 5.78 Å². The van der Waals surface area contributed by atoms with E-state index in [2.05, 4.69) is 0 Å². The molecule has 0 fully saturated rings. The molecule has 1 aromatic rings. The third kappa shape index (κ3) is 2.58. The Morgan fingerprint density at radius 2 is 2.07 bits per heavy atom. The van der Waals surface area contributed by atoms with Crippen molar-refractivity contribution in [2.24, 2.45) is 0 Å². The van der Waals surface area contributed by atoms with Crippen molar-refractivity contribution in [3.8, 4) is 0 Å². The Labute approximate surface area is 79.5 Å². The van der Waals surface area contributed by atoms with Gasteiger partial charge in [-0.05, 0) is 18.6 Å². The van der Waals surface area contributed by atoms with Crippen molar-refractivity contribution in [1.82, 2.24) is 0 Å². The van der Waals surface area contributed by atoms with Crippen LogP contribution in [0, 0.1) is 5.82 Å². The zero-order valence-corrected chi connectivity index (χ0v) is 7.56. The standard InChI is InChI=1S/C10H9F3O/c1-6(14)4-7-2-3-8(10(12)13)9(11)5-7/h2-3,5,10H,4H2,1H3. The van der Waals surface area contributed by atoms with Crippen LogP contribution in [-0.2, 0) is 11.2 Å². The molecule has 0 amide bonds. The molecule has 0 saturated carbocycles. The van der Waals surface area contributed by atoms with Crippen molar-refractivity contribution in [2.45, 2.75) is 19.8 Å². The molecule has 0 bridgehead atoms. The van der Waals surface area contributed by atoms with Gasteiger partial charge in [0.1, 0.15) is 11.6 Å². The number of halogens is 3. The third-order valence-corrected chi connectivity index (χ3v) is 1.75. The minimum Gasteiger partial charge on any atom is -0.300 e. The molecule has 14 heavy (non-hydrogen) atoms. The monoisotopic (exact) mass is 202 g/mol. The van der Waals surface area contributed by atoms with Gasteiger partial charge in [-0.1, -0.05) is 12.1 Å². The van der Waals surface area contributed by atoms with Crippen molar-refractivity contribution in [3.05, 3.63) is 35.1 Å². The molecule has 4 heteroatoms. The van der Waals surface area contributed by atoms with E-state index in [-0.39, 0.29) is 12.2 Å². The van der Waals surface area contributed by atoms with E-state index >= 15 is 0 Å². The molecular formula is C10H9F3O. The maximum absolute atomic E-state index is 13.0. The average molecular weight is 202 g/mol. The summed E-state index contributed by atoms with van der Waals surface area (Å²) in [5, 5.41) is 0. The lowest BCUT2D eigenvalue weighted by Gasteiger charge is -2.03. The maximum atomic E-state index is 13.0. The van der Waals surface area contributed by atoms with Crippen molar-refractivity contribution < 1.29 is 18.0 Å². The molecule has 0 aliphatic rings. The van der Waals surface area contributed by atoms with Gasteiger partial charge >= 0.3 is 0 Å². The van der Waals surface area contributed by atoms with Gasteiger partial charge in [0.2, 0.25) is 0 Å². The highest BCUT2D eigenvalue weighted by molar-refractivity contribution is 5.78. The number of rotatable bonds is 3. The van der Waals surface area contributed by atoms with Crippen LogP contribution in [0.5, 0.6) is 0 Å². The molecule has 1 rings (SSSR count). The number of benzene rings is 1. The molecule has 1 nitrogen and oxygen atoms in total. The Balaban J connectivity index is 2.94. The van der Waals surface area contributed by atoms with E-state index in [4.69, 9.17) is 0 Å². The summed E-state index contributed by atoms with van der Waals surface area (Å²) in [6, 6.07) is 3.33. The van der Waals surface area contributed by atoms with E-state index in [0.717, 1.165) is 12.1 Å². The Morgan fingerprint density at radius 1 is 1.43 bits per heavy atom. The van der Waals surface area contributed by atoms with Crippen LogP contribution in [0.1, 0.15) is 24.5 Å². The van der Waals surface area contributed by atoms with E-state index in [1.54, 1.807) is 0 Å². The van der Waals surface area contributed by atoms with Crippen LogP contribution in [-0.4, -0.2) is 5.78 Å². The van der Waals surface area contributed by atoms with Crippen molar-refractivity contribution in [2.75, 3.05) is 0 Å². The number of alkyl halides is 2. The highest BCUT2D eigenvalue weighted by atomic mass is 19.3. The van der Waals surface area contributed by atoms with Gasteiger partial charge in [-0.2, -0.15) is 0 Å². The van der Waals surface area contributed by atoms with Gasteiger partial charge in [0.25, 0.3) is 6.43 Å². The van der Waals surface area contributed by atoms with Gasteiger partial charge in [0.15, 0.2) is 0 Å². The quantitative estimate of drug-likeness (QED) is 0.736. The molecule has 0 aliphatic heterocycles. The molecule has 0 aliphatic carbocycles. The predicted molar refractivity (Wildman–Crippen MR) is 45.7 cm³/mol. The van der Waals surface area contributed by atoms with Crippen LogP contribution in [0.2, 0.25) is 0 Å². The Hall–Kier alpha value is -1.32. The van der Waals surface area contributed by atoms with E-state index in [0.29, 0.717) is 5.56 Å². The third-order valence-electron chi connectivity index (χ3n) is 1.75. The highest BCUT2D eigenvalue weighted by Crippen LogP contribution is 2.22. The number of carbonyl (C=O) groups is 1. The lowest BCUT2D eigenvalue weighted by Crippen LogP contribution is -1.99. The van der Waals surface area contributed by atoms with E-state index in [1.807, 2.05) is 0 Å². The molecule has 0 saturated heterocycles. The first-order chi connectivity index (χ1) is 6.50. The molecule has 76 valence electrons. The second-order valence-electron chi connectivity index (χ2n) is 3.04. The molecule has 0 aromatic heterocycles. The summed E-state index contributed by atoms with van der Waals surface area (Å²) in [6.45, 7) is 1.36. The van der Waals surface area contributed by atoms with Crippen LogP contribution in [0.3, 0.4) is 0 Å². The Bertz CT molecular complexity index is 347. The van der Waals surface area contributed by atoms with Crippen molar-refractivity contribution in [3.63, 3.8) is 0 Å². The fourth-order valence-corrected chi connectivity index (χ4v) is 1.15. The van der Waals surface area contributed by atoms with Gasteiger partial charge in [-0.25, -0.2) is 13.2 Å². The summed E-state index contributed by atoms with van der Waals surface area (Å²) in [6.07, 6.45) is -2.75. The lowest BCUT2D eigenvalue weighted by molar-refractivity contribution is -0.116. The van der Waals surface area contributed by atoms with E-state index < -0.39 is 17.8 Å². The topological polar surface area (TPSA) is 17.1 Å². The SMILES string of the molecule is CC(=O)Cc1ccc(C(F)F)c(F)c1. The normalized spacial score (nSPS) is 10.6. The number of Topliss-reactive ketones (excluding diaryl/α,β-unsaturated/α-hetero) is 1. The van der Waals surface area contributed by atoms with Crippen LogP contribution < -0.4 is 0 Å². The first-order valence-electron chi connectivity index (χ1n) is 4.06. The average Bonchev–Trinajstić information content (AvgIpc) is 2.01. The number of ketones is 1. The van der Waals surface area contributed by atoms with Crippen LogP contribution >= 0.6 is 0 Å². The summed E-state index contributed by atoms with van der Waals surface area (Å²) in [5.41, 5.74) is -0.211. The summed E-state index contributed by atoms with van der Waals surface area (Å²) in [7, 11) is 0. The first-order valence-corrected chi connectivity index (χ1v) is 4.06. The molecule has 0 spiro atoms. The van der Waals surface area contributed by atoms with E-state index in [1.165, 1.54) is 13.0 Å². The van der Waals surface area contributed by atoms with Gasteiger partial charge in [0.05, 0.1) is 5.56 Å². The molecule has 0 unspecified atom stereocenters. The van der Waals surface area contributed by atoms with Gasteiger partial charge in [-0.3, -0.25) is 4.79 Å². The molecule has 0 atom stereocenters. The molecule has 0 heterocycles. The Morgan fingerprint density at radius 3 is 2.50 bits per heavy atom. The lowest BCUT2D eigenvalue weighted by atomic mass is 10.1. The first kappa shape index (κ1) is 10.8. The number of carbonyl (C=O) groups excluding carboxylic acids is 1. The largest absolute Gasteiger partial charge is 0.300 e. The molecular weight excluding hydrogens is 193 g/mol. The minimum atomic E-state index is -2.82. The zero-order chi connectivity index (χ0) is 10.7. The Kier molecular flexibility index (Phi) is 3.28. The fraction of sp³-hybridized carbons (Fsp3) is 0.300. The van der Waals surface area contributed by atoms with Gasteiger partial charge < -0.3 is 0 Å². The fourth-order valence-electron chi connectivity index (χ4n) is 1.15. The highest BCUT2D eigenvalue weighted by Gasteiger charge is 2.13. The zero-order valence-electron chi connectivity index (χ0n) is 7.56. The number of hydrogen-bond acceptors (Lipinski definition) is 1. The second kappa shape index (κ2) is 4.26. The van der Waals surface area contributed by atoms with Gasteiger partial charge in [-0.15, -0.1) is 0 Å². The smallest absolute Gasteiger partial charge is 0.266 e. The summed E-state index contributed by atoms with van der Waals surface area (Å²) >= 11 is 0. The van der Waals surface area contributed by atoms with Crippen molar-refractivity contribution in [1.29, 1.82) is 0 Å². The summed E-state index contributed by atoms with van der Waals surface area (Å²) in [5.74, 6) is -1.09. The summed E-state index contributed by atoms with van der Waals surface area (Å²) in [4.78, 5) is 10.7. The second-order valence-corrected chi connectivity index (χ2v) is 3.04. The van der Waals surface area contributed by atoms with Gasteiger partial charge in [0, 0.05) is 6.42 Å². The molecule has 0 radical (unpaired) electrons. The summed E-state index contributed by atoms with van der Waals surface area (Å²) < 4.78 is 37.2.